The zero-order chi connectivity index (χ0) is 18.8. The third-order valence-corrected chi connectivity index (χ3v) is 3.04. The number of hydrogen-bond acceptors (Lipinski definition) is 4. The van der Waals surface area contributed by atoms with Gasteiger partial charge >= 0.3 is 6.09 Å². The van der Waals surface area contributed by atoms with E-state index in [-0.39, 0.29) is 18.4 Å². The summed E-state index contributed by atoms with van der Waals surface area (Å²) in [7, 11) is 0. The molecule has 7 heteroatoms. The van der Waals surface area contributed by atoms with Gasteiger partial charge in [0.15, 0.2) is 0 Å². The van der Waals surface area contributed by atoms with E-state index in [0.29, 0.717) is 25.4 Å². The minimum atomic E-state index is -0.628. The van der Waals surface area contributed by atoms with Crippen LogP contribution in [-0.4, -0.2) is 43.1 Å². The van der Waals surface area contributed by atoms with Gasteiger partial charge in [-0.05, 0) is 40.0 Å². The number of amides is 3. The van der Waals surface area contributed by atoms with Gasteiger partial charge in [0.1, 0.15) is 5.60 Å². The highest BCUT2D eigenvalue weighted by atomic mass is 16.6. The summed E-state index contributed by atoms with van der Waals surface area (Å²) >= 11 is 0. The van der Waals surface area contributed by atoms with Gasteiger partial charge in [0, 0.05) is 19.2 Å². The molecule has 0 unspecified atom stereocenters. The van der Waals surface area contributed by atoms with Gasteiger partial charge in [0.05, 0.1) is 6.54 Å². The molecule has 0 aromatic rings. The minimum absolute atomic E-state index is 0.126. The number of alkyl carbamates (subject to hydrolysis) is 1. The summed E-state index contributed by atoms with van der Waals surface area (Å²) in [5, 5.41) is 7.80. The molecule has 3 amide bonds. The van der Waals surface area contributed by atoms with E-state index in [0.717, 1.165) is 5.57 Å². The summed E-state index contributed by atoms with van der Waals surface area (Å²) in [6, 6.07) is 0. The van der Waals surface area contributed by atoms with Crippen molar-refractivity contribution in [3.05, 3.63) is 11.6 Å². The monoisotopic (exact) mass is 341 g/mol. The highest BCUT2D eigenvalue weighted by Gasteiger charge is 2.16. The Morgan fingerprint density at radius 1 is 1.04 bits per heavy atom. The number of hydrogen-bond donors (Lipinski definition) is 3. The quantitative estimate of drug-likeness (QED) is 0.463. The van der Waals surface area contributed by atoms with Crippen LogP contribution in [0.3, 0.4) is 0 Å². The van der Waals surface area contributed by atoms with Crippen molar-refractivity contribution in [1.29, 1.82) is 0 Å². The lowest BCUT2D eigenvalue weighted by atomic mass is 10.1. The predicted molar refractivity (Wildman–Crippen MR) is 93.5 cm³/mol. The highest BCUT2D eigenvalue weighted by Crippen LogP contribution is 2.07. The van der Waals surface area contributed by atoms with E-state index in [2.05, 4.69) is 16.0 Å². The fourth-order valence-corrected chi connectivity index (χ4v) is 1.48. The molecular formula is C17H31N3O4. The molecule has 0 radical (unpaired) electrons. The summed E-state index contributed by atoms with van der Waals surface area (Å²) in [4.78, 5) is 34.5. The molecule has 24 heavy (non-hydrogen) atoms. The lowest BCUT2D eigenvalue weighted by Crippen LogP contribution is -2.40. The van der Waals surface area contributed by atoms with Crippen LogP contribution >= 0.6 is 0 Å². The molecule has 0 heterocycles. The van der Waals surface area contributed by atoms with Gasteiger partial charge in [-0.1, -0.05) is 19.4 Å². The van der Waals surface area contributed by atoms with Crippen LogP contribution in [0.5, 0.6) is 0 Å². The summed E-state index contributed by atoms with van der Waals surface area (Å²) in [5.74, 6) is -0.0886. The summed E-state index contributed by atoms with van der Waals surface area (Å²) in [6.07, 6.45) is 1.57. The number of nitrogens with one attached hydrogen (secondary N) is 3. The van der Waals surface area contributed by atoms with Gasteiger partial charge < -0.3 is 20.7 Å². The van der Waals surface area contributed by atoms with E-state index < -0.39 is 11.7 Å². The number of ether oxygens (including phenoxy) is 1. The van der Waals surface area contributed by atoms with Crippen molar-refractivity contribution in [2.45, 2.75) is 53.6 Å². The molecule has 0 saturated heterocycles. The SMILES string of the molecule is C/C(=C\C(=O)NCCCNC(=O)CNC(=O)OC(C)(C)C)C(C)C. The van der Waals surface area contributed by atoms with Crippen molar-refractivity contribution in [3.8, 4) is 0 Å². The number of carbonyl (C=O) groups is 3. The Hall–Kier alpha value is -2.05. The van der Waals surface area contributed by atoms with Crippen LogP contribution in [0.2, 0.25) is 0 Å². The smallest absolute Gasteiger partial charge is 0.408 e. The van der Waals surface area contributed by atoms with Gasteiger partial charge in [0.25, 0.3) is 0 Å². The van der Waals surface area contributed by atoms with E-state index in [1.807, 2.05) is 20.8 Å². The molecule has 0 fully saturated rings. The van der Waals surface area contributed by atoms with Gasteiger partial charge in [-0.3, -0.25) is 9.59 Å². The molecule has 3 N–H and O–H groups in total. The Kier molecular flexibility index (Phi) is 9.76. The molecule has 0 aromatic heterocycles. The third kappa shape index (κ3) is 12.5. The van der Waals surface area contributed by atoms with Crippen LogP contribution in [0, 0.1) is 5.92 Å². The molecule has 7 nitrogen and oxygen atoms in total. The Bertz CT molecular complexity index is 465. The van der Waals surface area contributed by atoms with Crippen molar-refractivity contribution in [3.63, 3.8) is 0 Å². The van der Waals surface area contributed by atoms with Crippen molar-refractivity contribution < 1.29 is 19.1 Å². The first-order valence-corrected chi connectivity index (χ1v) is 8.21. The second-order valence-electron chi connectivity index (χ2n) is 6.89. The standard InChI is InChI=1S/C17H31N3O4/c1-12(2)13(3)10-14(21)18-8-7-9-19-15(22)11-20-16(23)24-17(4,5)6/h10,12H,7-9,11H2,1-6H3,(H,18,21)(H,19,22)(H,20,23)/b13-10+. The fraction of sp³-hybridized carbons (Fsp3) is 0.706. The average Bonchev–Trinajstić information content (AvgIpc) is 2.42. The van der Waals surface area contributed by atoms with Gasteiger partial charge in [-0.25, -0.2) is 4.79 Å². The van der Waals surface area contributed by atoms with Crippen LogP contribution in [0.15, 0.2) is 11.6 Å². The Balaban J connectivity index is 3.78. The fourth-order valence-electron chi connectivity index (χ4n) is 1.48. The molecular weight excluding hydrogens is 310 g/mol. The van der Waals surface area contributed by atoms with Crippen molar-refractivity contribution >= 4 is 17.9 Å². The first kappa shape index (κ1) is 21.9. The molecule has 0 saturated carbocycles. The maximum atomic E-state index is 11.6. The molecule has 0 bridgehead atoms. The van der Waals surface area contributed by atoms with Crippen molar-refractivity contribution in [1.82, 2.24) is 16.0 Å². The molecule has 0 aliphatic heterocycles. The second-order valence-corrected chi connectivity index (χ2v) is 6.89. The first-order chi connectivity index (χ1) is 11.0. The molecule has 0 aliphatic rings. The van der Waals surface area contributed by atoms with Gasteiger partial charge in [0.2, 0.25) is 11.8 Å². The predicted octanol–water partition coefficient (Wildman–Crippen LogP) is 1.74. The van der Waals surface area contributed by atoms with Crippen molar-refractivity contribution in [2.75, 3.05) is 19.6 Å². The number of allylic oxidation sites excluding steroid dienone is 1. The topological polar surface area (TPSA) is 96.5 Å². The second kappa shape index (κ2) is 10.7. The Labute approximate surface area is 144 Å². The van der Waals surface area contributed by atoms with Crippen LogP contribution in [0.1, 0.15) is 48.0 Å². The summed E-state index contributed by atoms with van der Waals surface area (Å²) in [5.41, 5.74) is 0.426. The molecule has 0 spiro atoms. The van der Waals surface area contributed by atoms with Crippen molar-refractivity contribution in [2.24, 2.45) is 5.92 Å². The lowest BCUT2D eigenvalue weighted by Gasteiger charge is -2.19. The Morgan fingerprint density at radius 2 is 1.62 bits per heavy atom. The van der Waals surface area contributed by atoms with E-state index in [1.165, 1.54) is 0 Å². The van der Waals surface area contributed by atoms with E-state index in [1.54, 1.807) is 26.8 Å². The zero-order valence-corrected chi connectivity index (χ0v) is 15.6. The molecule has 0 atom stereocenters. The molecule has 0 aliphatic carbocycles. The third-order valence-electron chi connectivity index (χ3n) is 3.04. The minimum Gasteiger partial charge on any atom is -0.444 e. The lowest BCUT2D eigenvalue weighted by molar-refractivity contribution is -0.120. The molecule has 0 aromatic carbocycles. The van der Waals surface area contributed by atoms with Crippen LogP contribution in [-0.2, 0) is 14.3 Å². The van der Waals surface area contributed by atoms with Crippen LogP contribution < -0.4 is 16.0 Å². The Morgan fingerprint density at radius 3 is 2.17 bits per heavy atom. The van der Waals surface area contributed by atoms with Crippen LogP contribution in [0.4, 0.5) is 4.79 Å². The van der Waals surface area contributed by atoms with E-state index in [9.17, 15) is 14.4 Å². The summed E-state index contributed by atoms with van der Waals surface area (Å²) in [6.45, 7) is 12.0. The molecule has 0 rings (SSSR count). The number of carbonyl (C=O) groups excluding carboxylic acids is 3. The largest absolute Gasteiger partial charge is 0.444 e. The first-order valence-electron chi connectivity index (χ1n) is 8.21. The van der Waals surface area contributed by atoms with Crippen LogP contribution in [0.25, 0.3) is 0 Å². The number of rotatable bonds is 8. The van der Waals surface area contributed by atoms with E-state index >= 15 is 0 Å². The van der Waals surface area contributed by atoms with Gasteiger partial charge in [-0.15, -0.1) is 0 Å². The molecule has 138 valence electrons. The average molecular weight is 341 g/mol. The normalized spacial score (nSPS) is 11.9. The van der Waals surface area contributed by atoms with E-state index in [4.69, 9.17) is 4.74 Å². The maximum absolute atomic E-state index is 11.6. The summed E-state index contributed by atoms with van der Waals surface area (Å²) < 4.78 is 5.02. The van der Waals surface area contributed by atoms with Gasteiger partial charge in [-0.2, -0.15) is 0 Å². The highest BCUT2D eigenvalue weighted by molar-refractivity contribution is 5.88. The zero-order valence-electron chi connectivity index (χ0n) is 15.6. The maximum Gasteiger partial charge on any atom is 0.408 e.